The Balaban J connectivity index is 0.000000583. The first-order valence-electron chi connectivity index (χ1n) is 10.6. The van der Waals surface area contributed by atoms with Crippen LogP contribution in [0.15, 0.2) is 48.5 Å². The summed E-state index contributed by atoms with van der Waals surface area (Å²) in [4.78, 5) is 22.4. The Morgan fingerprint density at radius 1 is 0.886 bits per heavy atom. The van der Waals surface area contributed by atoms with Crippen LogP contribution in [-0.2, 0) is 63.3 Å². The van der Waals surface area contributed by atoms with Crippen LogP contribution in [0, 0.1) is 0 Å². The van der Waals surface area contributed by atoms with Crippen LogP contribution in [0.5, 0.6) is 11.5 Å². The molecule has 0 aliphatic carbocycles. The number of aromatic hydroxyl groups is 2. The van der Waals surface area contributed by atoms with Crippen LogP contribution >= 0.6 is 0 Å². The Kier molecular flexibility index (Phi) is 16.8. The number of phenols is 2. The summed E-state index contributed by atoms with van der Waals surface area (Å²) in [6.07, 6.45) is 0. The van der Waals surface area contributed by atoms with Crippen molar-refractivity contribution in [3.63, 3.8) is 0 Å². The Labute approximate surface area is 226 Å². The highest BCUT2D eigenvalue weighted by Crippen LogP contribution is 2.26. The van der Waals surface area contributed by atoms with Crippen LogP contribution in [0.1, 0.15) is 36.8 Å². The van der Waals surface area contributed by atoms with Gasteiger partial charge in [-0.05, 0) is 32.0 Å². The molecule has 35 heavy (non-hydrogen) atoms. The maximum absolute atomic E-state index is 11.9. The van der Waals surface area contributed by atoms with E-state index < -0.39 is 25.9 Å². The molecule has 0 aliphatic heterocycles. The summed E-state index contributed by atoms with van der Waals surface area (Å²) in [5, 5.41) is 27.6. The number of benzene rings is 2. The van der Waals surface area contributed by atoms with Gasteiger partial charge in [0.05, 0.1) is 18.4 Å². The van der Waals surface area contributed by atoms with E-state index in [0.717, 1.165) is 6.04 Å². The van der Waals surface area contributed by atoms with Crippen molar-refractivity contribution in [3.8, 4) is 11.5 Å². The van der Waals surface area contributed by atoms with Gasteiger partial charge in [-0.25, -0.2) is 0 Å². The molecule has 2 aromatic rings. The largest absolute Gasteiger partial charge is 0.508 e. The second-order valence-electron chi connectivity index (χ2n) is 8.58. The second kappa shape index (κ2) is 17.7. The normalized spacial score (nSPS) is 11.8. The Morgan fingerprint density at radius 3 is 1.66 bits per heavy atom. The van der Waals surface area contributed by atoms with Gasteiger partial charge in [-0.2, -0.15) is 0 Å². The molecule has 0 fully saturated rings. The molecule has 0 spiro atoms. The second-order valence-corrected chi connectivity index (χ2v) is 19.5. The molecule has 0 bridgehead atoms. The molecule has 3 N–H and O–H groups in total. The van der Waals surface area contributed by atoms with Crippen LogP contribution in [0.4, 0.5) is 0 Å². The van der Waals surface area contributed by atoms with E-state index in [9.17, 15) is 19.8 Å². The van der Waals surface area contributed by atoms with Gasteiger partial charge >= 0.3 is 11.9 Å². The lowest BCUT2D eigenvalue weighted by Gasteiger charge is -2.17. The molecule has 12 heteroatoms. The molecule has 0 saturated carbocycles. The number of carboxylic acid groups (broad SMARTS) is 1. The van der Waals surface area contributed by atoms with E-state index >= 15 is 0 Å². The fraction of sp³-hybridized carbons (Fsp3) is 0.391. The number of para-hydroxylation sites is 2. The molecule has 0 aliphatic rings. The first kappa shape index (κ1) is 33.3. The van der Waals surface area contributed by atoms with E-state index in [2.05, 4.69) is 42.0 Å². The monoisotopic (exact) mass is 592 g/mol. The van der Waals surface area contributed by atoms with Crippen LogP contribution in [0.3, 0.4) is 0 Å². The van der Waals surface area contributed by atoms with Crippen molar-refractivity contribution in [1.82, 2.24) is 0 Å². The van der Waals surface area contributed by atoms with Gasteiger partial charge in [0.1, 0.15) is 11.5 Å². The molecule has 2 rings (SSSR count). The van der Waals surface area contributed by atoms with Crippen molar-refractivity contribution in [3.05, 3.63) is 59.7 Å². The summed E-state index contributed by atoms with van der Waals surface area (Å²) < 4.78 is 5.27. The summed E-state index contributed by atoms with van der Waals surface area (Å²) in [6.45, 7) is 10.5. The van der Waals surface area contributed by atoms with Gasteiger partial charge in [-0.15, -0.1) is 0 Å². The first-order valence-corrected chi connectivity index (χ1v) is 19.6. The third-order valence-corrected chi connectivity index (χ3v) is 10.8. The van der Waals surface area contributed by atoms with Gasteiger partial charge < -0.3 is 20.1 Å². The number of aliphatic carboxylic acids is 1. The van der Waals surface area contributed by atoms with Gasteiger partial charge in [-0.3, -0.25) is 9.59 Å². The highest BCUT2D eigenvalue weighted by molar-refractivity contribution is 8.59. The quantitative estimate of drug-likeness (QED) is 0.307. The number of esters is 1. The highest BCUT2D eigenvalue weighted by atomic mass is 33.3. The van der Waals surface area contributed by atoms with Crippen LogP contribution in [0.25, 0.3) is 0 Å². The minimum Gasteiger partial charge on any atom is -0.508 e. The van der Waals surface area contributed by atoms with Crippen molar-refractivity contribution in [1.29, 1.82) is 0 Å². The number of hydrogen-bond acceptors (Lipinski definition) is 7. The lowest BCUT2D eigenvalue weighted by molar-refractivity contribution is -0.144. The van der Waals surface area contributed by atoms with E-state index in [-0.39, 0.29) is 17.5 Å². The predicted molar refractivity (Wildman–Crippen MR) is 157 cm³/mol. The Hall–Kier alpha value is -1.70. The van der Waals surface area contributed by atoms with Crippen molar-refractivity contribution in [2.24, 2.45) is 0 Å². The smallest absolute Gasteiger partial charge is 0.313 e. The molecule has 194 valence electrons. The zero-order valence-electron chi connectivity index (χ0n) is 20.3. The van der Waals surface area contributed by atoms with Crippen molar-refractivity contribution in [2.75, 3.05) is 6.61 Å². The fourth-order valence-corrected chi connectivity index (χ4v) is 6.02. The average Bonchev–Trinajstić information content (AvgIpc) is 2.79. The predicted octanol–water partition coefficient (Wildman–Crippen LogP) is 4.95. The molecule has 0 aromatic heterocycles. The van der Waals surface area contributed by atoms with E-state index in [0.29, 0.717) is 17.7 Å². The number of hydrogen-bond donors (Lipinski definition) is 3. The third kappa shape index (κ3) is 14.4. The molecular weight excluding hydrogens is 561 g/mol. The first-order chi connectivity index (χ1) is 16.4. The van der Waals surface area contributed by atoms with Crippen molar-refractivity contribution in [2.45, 2.75) is 51.4 Å². The standard InChI is InChI=1S/C14H22O3Si.C9H10O3.S5/c1-11(12-7-5-6-8-13(12)15)14(16)17-9-10-18(2,3)4;1-6(9(11)12)7-4-2-3-5-8(7)10;1-3-5-4-2/h5-8,11,15H,9-10H2,1-4H3;2-6,10H,1H3,(H,11,12);. The summed E-state index contributed by atoms with van der Waals surface area (Å²) in [7, 11) is 2.77. The van der Waals surface area contributed by atoms with Crippen molar-refractivity contribution >= 4 is 69.0 Å². The minimum absolute atomic E-state index is 0.0346. The van der Waals surface area contributed by atoms with Crippen LogP contribution in [-0.4, -0.2) is 41.9 Å². The molecule has 0 saturated heterocycles. The minimum atomic E-state index is -1.18. The summed E-state index contributed by atoms with van der Waals surface area (Å²) >= 11 is 8.89. The molecule has 2 unspecified atom stereocenters. The topological polar surface area (TPSA) is 104 Å². The average molecular weight is 593 g/mol. The zero-order valence-corrected chi connectivity index (χ0v) is 25.4. The maximum Gasteiger partial charge on any atom is 0.313 e. The van der Waals surface area contributed by atoms with Crippen molar-refractivity contribution < 1.29 is 29.6 Å². The molecule has 0 radical (unpaired) electrons. The van der Waals surface area contributed by atoms with Crippen LogP contribution < -0.4 is 0 Å². The lowest BCUT2D eigenvalue weighted by Crippen LogP contribution is -2.23. The number of carbonyl (C=O) groups is 2. The van der Waals surface area contributed by atoms with E-state index in [4.69, 9.17) is 9.84 Å². The SMILES string of the molecule is CC(C(=O)O)c1ccccc1O.CC(C(=O)OCC[Si](C)(C)C)c1ccccc1O.S=S=S=S=S. The Morgan fingerprint density at radius 2 is 1.31 bits per heavy atom. The van der Waals surface area contributed by atoms with E-state index in [1.807, 2.05) is 0 Å². The molecule has 0 heterocycles. The summed E-state index contributed by atoms with van der Waals surface area (Å²) in [6, 6.07) is 14.3. The maximum atomic E-state index is 11.9. The lowest BCUT2D eigenvalue weighted by atomic mass is 10.0. The molecule has 6 nitrogen and oxygen atoms in total. The molecule has 2 atom stereocenters. The number of carbonyl (C=O) groups excluding carboxylic acids is 1. The number of phenolic OH excluding ortho intramolecular Hbond substituents is 2. The van der Waals surface area contributed by atoms with Gasteiger partial charge in [0.2, 0.25) is 0 Å². The van der Waals surface area contributed by atoms with Gasteiger partial charge in [0.15, 0.2) is 0 Å². The molecule has 0 amide bonds. The van der Waals surface area contributed by atoms with E-state index in [1.54, 1.807) is 49.4 Å². The van der Waals surface area contributed by atoms with Gasteiger partial charge in [-0.1, -0.05) is 56.0 Å². The highest BCUT2D eigenvalue weighted by Gasteiger charge is 2.21. The fourth-order valence-electron chi connectivity index (χ4n) is 2.56. The van der Waals surface area contributed by atoms with Gasteiger partial charge in [0.25, 0.3) is 0 Å². The summed E-state index contributed by atoms with van der Waals surface area (Å²) in [5.74, 6) is -2.11. The molecule has 2 aromatic carbocycles. The number of ether oxygens (including phenoxy) is 1. The summed E-state index contributed by atoms with van der Waals surface area (Å²) in [5.41, 5.74) is 1.07. The zero-order chi connectivity index (χ0) is 27.0. The van der Waals surface area contributed by atoms with Gasteiger partial charge in [0, 0.05) is 68.2 Å². The third-order valence-electron chi connectivity index (χ3n) is 4.68. The number of rotatable bonds is 7. The Bertz CT molecular complexity index is 1080. The molecular formula is C23H32O6S5Si. The van der Waals surface area contributed by atoms with Crippen LogP contribution in [0.2, 0.25) is 25.7 Å². The van der Waals surface area contributed by atoms with E-state index in [1.165, 1.54) is 39.6 Å². The number of carboxylic acids is 1.